The zero-order valence-electron chi connectivity index (χ0n) is 11.9. The molecule has 20 heavy (non-hydrogen) atoms. The summed E-state index contributed by atoms with van der Waals surface area (Å²) >= 11 is 0. The molecule has 0 aromatic heterocycles. The first-order valence-electron chi connectivity index (χ1n) is 6.68. The lowest BCUT2D eigenvalue weighted by atomic mass is 10.0. The van der Waals surface area contributed by atoms with Gasteiger partial charge >= 0.3 is 0 Å². The molecule has 1 amide bonds. The number of anilines is 1. The van der Waals surface area contributed by atoms with Crippen molar-refractivity contribution in [2.75, 3.05) is 45.7 Å². The first-order chi connectivity index (χ1) is 9.72. The minimum atomic E-state index is 0.119. The molecule has 0 atom stereocenters. The molecule has 6 heteroatoms. The predicted octanol–water partition coefficient (Wildman–Crippen LogP) is 0.451. The van der Waals surface area contributed by atoms with Crippen LogP contribution in [0.25, 0.3) is 0 Å². The summed E-state index contributed by atoms with van der Waals surface area (Å²) in [6.45, 7) is 2.82. The Morgan fingerprint density at radius 3 is 2.35 bits per heavy atom. The molecule has 6 nitrogen and oxygen atoms in total. The summed E-state index contributed by atoms with van der Waals surface area (Å²) in [5, 5.41) is 9.22. The van der Waals surface area contributed by atoms with Crippen LogP contribution in [0.2, 0.25) is 0 Å². The summed E-state index contributed by atoms with van der Waals surface area (Å²) in [4.78, 5) is 11.6. The van der Waals surface area contributed by atoms with E-state index in [1.54, 1.807) is 14.2 Å². The summed E-state index contributed by atoms with van der Waals surface area (Å²) in [6.07, 6.45) is 0. The number of carbonyl (C=O) groups excluding carboxylic acids is 1. The first-order valence-corrected chi connectivity index (χ1v) is 6.68. The second-order valence-electron chi connectivity index (χ2n) is 4.67. The number of rotatable bonds is 7. The van der Waals surface area contributed by atoms with Crippen LogP contribution in [0.3, 0.4) is 0 Å². The highest BCUT2D eigenvalue weighted by atomic mass is 16.5. The van der Waals surface area contributed by atoms with Gasteiger partial charge in [-0.25, -0.2) is 0 Å². The molecule has 0 radical (unpaired) electrons. The Bertz CT molecular complexity index is 439. The van der Waals surface area contributed by atoms with Gasteiger partial charge in [-0.05, 0) is 0 Å². The van der Waals surface area contributed by atoms with Crippen LogP contribution >= 0.6 is 0 Å². The highest BCUT2D eigenvalue weighted by Crippen LogP contribution is 2.25. The van der Waals surface area contributed by atoms with Gasteiger partial charge in [0.1, 0.15) is 11.5 Å². The molecule has 110 valence electrons. The van der Waals surface area contributed by atoms with E-state index in [4.69, 9.17) is 9.47 Å². The van der Waals surface area contributed by atoms with E-state index >= 15 is 0 Å². The van der Waals surface area contributed by atoms with Gasteiger partial charge in [-0.15, -0.1) is 0 Å². The van der Waals surface area contributed by atoms with Gasteiger partial charge in [-0.1, -0.05) is 0 Å². The van der Waals surface area contributed by atoms with Crippen LogP contribution in [0, 0.1) is 5.92 Å². The molecule has 1 aromatic carbocycles. The molecule has 0 saturated carbocycles. The van der Waals surface area contributed by atoms with Gasteiger partial charge in [0, 0.05) is 50.1 Å². The predicted molar refractivity (Wildman–Crippen MR) is 77.4 cm³/mol. The zero-order chi connectivity index (χ0) is 14.4. The number of amides is 1. The van der Waals surface area contributed by atoms with Gasteiger partial charge in [0.05, 0.1) is 20.1 Å². The average Bonchev–Trinajstić information content (AvgIpc) is 2.41. The smallest absolute Gasteiger partial charge is 0.225 e. The Labute approximate surface area is 118 Å². The third kappa shape index (κ3) is 3.77. The lowest BCUT2D eigenvalue weighted by Gasteiger charge is -2.25. The lowest BCUT2D eigenvalue weighted by Crippen LogP contribution is -2.51. The van der Waals surface area contributed by atoms with E-state index in [0.29, 0.717) is 13.1 Å². The molecule has 0 unspecified atom stereocenters. The van der Waals surface area contributed by atoms with Gasteiger partial charge in [-0.3, -0.25) is 4.79 Å². The molecule has 1 saturated heterocycles. The minimum absolute atomic E-state index is 0.119. The Hall–Kier alpha value is -1.95. The van der Waals surface area contributed by atoms with Crippen molar-refractivity contribution in [2.45, 2.75) is 0 Å². The highest BCUT2D eigenvalue weighted by Gasteiger charge is 2.23. The van der Waals surface area contributed by atoms with Crippen molar-refractivity contribution in [1.29, 1.82) is 0 Å². The third-order valence-electron chi connectivity index (χ3n) is 3.26. The minimum Gasteiger partial charge on any atom is -0.497 e. The largest absolute Gasteiger partial charge is 0.497 e. The maximum atomic E-state index is 11.6. The maximum Gasteiger partial charge on any atom is 0.225 e. The molecule has 0 spiro atoms. The molecule has 2 rings (SSSR count). The third-order valence-corrected chi connectivity index (χ3v) is 3.26. The molecule has 3 N–H and O–H groups in total. The Balaban J connectivity index is 1.76. The van der Waals surface area contributed by atoms with E-state index in [2.05, 4.69) is 16.0 Å². The topological polar surface area (TPSA) is 71.6 Å². The molecular formula is C14H21N3O3. The number of hydrogen-bond donors (Lipinski definition) is 3. The summed E-state index contributed by atoms with van der Waals surface area (Å²) in [5.41, 5.74) is 0.903. The summed E-state index contributed by atoms with van der Waals surface area (Å²) in [5.74, 6) is 1.72. The fourth-order valence-corrected chi connectivity index (χ4v) is 1.92. The number of benzene rings is 1. The van der Waals surface area contributed by atoms with Crippen LogP contribution in [-0.2, 0) is 4.79 Å². The Morgan fingerprint density at radius 1 is 1.20 bits per heavy atom. The summed E-state index contributed by atoms with van der Waals surface area (Å²) in [7, 11) is 3.23. The standard InChI is InChI=1S/C14H21N3O3/c1-19-12-5-11(6-13(7-12)20-2)16-3-4-17-14(18)10-8-15-9-10/h5-7,10,15-16H,3-4,8-9H2,1-2H3,(H,17,18). The van der Waals surface area contributed by atoms with E-state index in [1.807, 2.05) is 18.2 Å². The fourth-order valence-electron chi connectivity index (χ4n) is 1.92. The highest BCUT2D eigenvalue weighted by molar-refractivity contribution is 5.80. The van der Waals surface area contributed by atoms with E-state index in [1.165, 1.54) is 0 Å². The lowest BCUT2D eigenvalue weighted by molar-refractivity contribution is -0.126. The number of carbonyl (C=O) groups is 1. The molecule has 1 fully saturated rings. The second kappa shape index (κ2) is 7.00. The van der Waals surface area contributed by atoms with Gasteiger partial charge in [0.25, 0.3) is 0 Å². The number of hydrogen-bond acceptors (Lipinski definition) is 5. The van der Waals surface area contributed by atoms with Crippen molar-refractivity contribution in [3.63, 3.8) is 0 Å². The van der Waals surface area contributed by atoms with Crippen LogP contribution in [-0.4, -0.2) is 46.3 Å². The quantitative estimate of drug-likeness (QED) is 0.632. The molecule has 0 bridgehead atoms. The zero-order valence-corrected chi connectivity index (χ0v) is 11.9. The van der Waals surface area contributed by atoms with Crippen molar-refractivity contribution >= 4 is 11.6 Å². The molecular weight excluding hydrogens is 258 g/mol. The summed E-state index contributed by atoms with van der Waals surface area (Å²) < 4.78 is 10.4. The molecule has 1 aliphatic rings. The van der Waals surface area contributed by atoms with E-state index < -0.39 is 0 Å². The van der Waals surface area contributed by atoms with Crippen molar-refractivity contribution in [2.24, 2.45) is 5.92 Å². The molecule has 1 aromatic rings. The van der Waals surface area contributed by atoms with E-state index in [0.717, 1.165) is 30.3 Å². The normalized spacial score (nSPS) is 14.3. The van der Waals surface area contributed by atoms with Crippen molar-refractivity contribution in [3.8, 4) is 11.5 Å². The Morgan fingerprint density at radius 2 is 1.85 bits per heavy atom. The number of nitrogens with one attached hydrogen (secondary N) is 3. The van der Waals surface area contributed by atoms with E-state index in [9.17, 15) is 4.79 Å². The van der Waals surface area contributed by atoms with Gasteiger partial charge < -0.3 is 25.4 Å². The summed E-state index contributed by atoms with van der Waals surface area (Å²) in [6, 6.07) is 5.59. The van der Waals surface area contributed by atoms with Crippen LogP contribution in [0.15, 0.2) is 18.2 Å². The molecule has 1 aliphatic heterocycles. The van der Waals surface area contributed by atoms with Crippen LogP contribution in [0.1, 0.15) is 0 Å². The average molecular weight is 279 g/mol. The van der Waals surface area contributed by atoms with Crippen molar-refractivity contribution in [1.82, 2.24) is 10.6 Å². The van der Waals surface area contributed by atoms with Gasteiger partial charge in [0.2, 0.25) is 5.91 Å². The van der Waals surface area contributed by atoms with E-state index in [-0.39, 0.29) is 11.8 Å². The SMILES string of the molecule is COc1cc(NCCNC(=O)C2CNC2)cc(OC)c1. The number of methoxy groups -OCH3 is 2. The van der Waals surface area contributed by atoms with Crippen molar-refractivity contribution < 1.29 is 14.3 Å². The Kier molecular flexibility index (Phi) is 5.06. The van der Waals surface area contributed by atoms with Crippen LogP contribution in [0.5, 0.6) is 11.5 Å². The van der Waals surface area contributed by atoms with Crippen LogP contribution in [0.4, 0.5) is 5.69 Å². The van der Waals surface area contributed by atoms with Gasteiger partial charge in [0.15, 0.2) is 0 Å². The molecule has 0 aliphatic carbocycles. The van der Waals surface area contributed by atoms with Crippen molar-refractivity contribution in [3.05, 3.63) is 18.2 Å². The second-order valence-corrected chi connectivity index (χ2v) is 4.67. The maximum absolute atomic E-state index is 11.6. The monoisotopic (exact) mass is 279 g/mol. The first kappa shape index (κ1) is 14.5. The fraction of sp³-hybridized carbons (Fsp3) is 0.500. The number of ether oxygens (including phenoxy) is 2. The molecule has 1 heterocycles. The van der Waals surface area contributed by atoms with Gasteiger partial charge in [-0.2, -0.15) is 0 Å². The van der Waals surface area contributed by atoms with Crippen LogP contribution < -0.4 is 25.4 Å².